The lowest BCUT2D eigenvalue weighted by molar-refractivity contribution is -0.119. The quantitative estimate of drug-likeness (QED) is 0.912. The molecule has 0 bridgehead atoms. The van der Waals surface area contributed by atoms with Gasteiger partial charge in [0.2, 0.25) is 5.91 Å². The van der Waals surface area contributed by atoms with Crippen LogP contribution in [0.3, 0.4) is 0 Å². The third-order valence-corrected chi connectivity index (χ3v) is 4.08. The van der Waals surface area contributed by atoms with Crippen LogP contribution in [0.15, 0.2) is 35.8 Å². The highest BCUT2D eigenvalue weighted by molar-refractivity contribution is 7.13. The van der Waals surface area contributed by atoms with Crippen molar-refractivity contribution in [2.45, 2.75) is 19.3 Å². The fourth-order valence-corrected chi connectivity index (χ4v) is 2.90. The molecule has 0 radical (unpaired) electrons. The van der Waals surface area contributed by atoms with Gasteiger partial charge in [-0.3, -0.25) is 10.1 Å². The highest BCUT2D eigenvalue weighted by Gasteiger charge is 2.19. The van der Waals surface area contributed by atoms with Crippen LogP contribution in [0.2, 0.25) is 0 Å². The van der Waals surface area contributed by atoms with Crippen molar-refractivity contribution in [3.05, 3.63) is 35.8 Å². The number of aromatic nitrogens is 1. The summed E-state index contributed by atoms with van der Waals surface area (Å²) >= 11 is 1.35. The van der Waals surface area contributed by atoms with Crippen LogP contribution in [0.5, 0.6) is 0 Å². The fourth-order valence-electron chi connectivity index (χ4n) is 2.38. The van der Waals surface area contributed by atoms with Gasteiger partial charge < -0.3 is 10.2 Å². The molecule has 3 rings (SSSR count). The highest BCUT2D eigenvalue weighted by atomic mass is 32.1. The molecule has 1 aliphatic rings. The molecular formula is C15H16N4O2S. The lowest BCUT2D eigenvalue weighted by Crippen LogP contribution is -2.35. The number of urea groups is 1. The van der Waals surface area contributed by atoms with E-state index in [1.807, 2.05) is 18.2 Å². The van der Waals surface area contributed by atoms with Crippen molar-refractivity contribution in [2.24, 2.45) is 0 Å². The Morgan fingerprint density at radius 2 is 2.18 bits per heavy atom. The number of carbonyl (C=O) groups excluding carboxylic acids is 2. The van der Waals surface area contributed by atoms with E-state index in [0.29, 0.717) is 17.2 Å². The molecule has 1 aliphatic heterocycles. The molecule has 1 aromatic heterocycles. The number of nitrogens with zero attached hydrogens (tertiary/aromatic N) is 2. The van der Waals surface area contributed by atoms with Gasteiger partial charge in [-0.25, -0.2) is 9.78 Å². The summed E-state index contributed by atoms with van der Waals surface area (Å²) in [4.78, 5) is 29.6. The largest absolute Gasteiger partial charge is 0.325 e. The minimum Gasteiger partial charge on any atom is -0.312 e. The third-order valence-electron chi connectivity index (χ3n) is 3.39. The number of amides is 3. The van der Waals surface area contributed by atoms with E-state index in [2.05, 4.69) is 15.6 Å². The second-order valence-corrected chi connectivity index (χ2v) is 5.86. The Labute approximate surface area is 132 Å². The van der Waals surface area contributed by atoms with Gasteiger partial charge in [0.1, 0.15) is 0 Å². The first-order valence-electron chi connectivity index (χ1n) is 7.10. The summed E-state index contributed by atoms with van der Waals surface area (Å²) < 4.78 is 0. The van der Waals surface area contributed by atoms with E-state index in [-0.39, 0.29) is 11.9 Å². The van der Waals surface area contributed by atoms with E-state index in [9.17, 15) is 9.59 Å². The van der Waals surface area contributed by atoms with E-state index in [0.717, 1.165) is 25.1 Å². The lowest BCUT2D eigenvalue weighted by atomic mass is 10.1. The molecule has 2 N–H and O–H groups in total. The number of benzene rings is 1. The molecule has 3 amide bonds. The van der Waals surface area contributed by atoms with Gasteiger partial charge >= 0.3 is 6.03 Å². The normalized spacial score (nSPS) is 14.7. The minimum atomic E-state index is -0.350. The molecule has 22 heavy (non-hydrogen) atoms. The summed E-state index contributed by atoms with van der Waals surface area (Å²) in [6, 6.07) is 6.96. The molecule has 0 spiro atoms. The number of piperidine rings is 1. The Balaban J connectivity index is 1.68. The molecule has 6 nitrogen and oxygen atoms in total. The first-order chi connectivity index (χ1) is 10.7. The molecule has 7 heteroatoms. The third kappa shape index (κ3) is 3.43. The van der Waals surface area contributed by atoms with Crippen molar-refractivity contribution in [1.82, 2.24) is 4.98 Å². The molecule has 114 valence electrons. The minimum absolute atomic E-state index is 0.135. The zero-order valence-electron chi connectivity index (χ0n) is 11.9. The van der Waals surface area contributed by atoms with Gasteiger partial charge in [-0.1, -0.05) is 6.07 Å². The van der Waals surface area contributed by atoms with Crippen molar-refractivity contribution in [3.63, 3.8) is 0 Å². The van der Waals surface area contributed by atoms with Crippen LogP contribution in [0.25, 0.3) is 0 Å². The molecule has 0 atom stereocenters. The number of carbonyl (C=O) groups is 2. The first-order valence-corrected chi connectivity index (χ1v) is 7.98. The van der Waals surface area contributed by atoms with Crippen molar-refractivity contribution < 1.29 is 9.59 Å². The lowest BCUT2D eigenvalue weighted by Gasteiger charge is -2.27. The van der Waals surface area contributed by atoms with Crippen LogP contribution in [0.4, 0.5) is 21.3 Å². The van der Waals surface area contributed by atoms with E-state index >= 15 is 0 Å². The Bertz CT molecular complexity index is 672. The SMILES string of the molecule is O=C(Nc1cccc(N2CCCCC2=O)c1)Nc1nccs1. The highest BCUT2D eigenvalue weighted by Crippen LogP contribution is 2.24. The Hall–Kier alpha value is -2.41. The van der Waals surface area contributed by atoms with E-state index < -0.39 is 0 Å². The van der Waals surface area contributed by atoms with E-state index in [4.69, 9.17) is 0 Å². The van der Waals surface area contributed by atoms with Gasteiger partial charge in [0, 0.05) is 35.9 Å². The van der Waals surface area contributed by atoms with Crippen molar-refractivity contribution in [3.8, 4) is 0 Å². The fraction of sp³-hybridized carbons (Fsp3) is 0.267. The summed E-state index contributed by atoms with van der Waals surface area (Å²) in [6.45, 7) is 0.730. The molecular weight excluding hydrogens is 300 g/mol. The molecule has 1 aromatic carbocycles. The average Bonchev–Trinajstić information content (AvgIpc) is 3.00. The molecule has 1 saturated heterocycles. The average molecular weight is 316 g/mol. The Morgan fingerprint density at radius 3 is 2.95 bits per heavy atom. The van der Waals surface area contributed by atoms with Gasteiger partial charge in [-0.05, 0) is 31.0 Å². The van der Waals surface area contributed by atoms with Gasteiger partial charge in [0.25, 0.3) is 0 Å². The summed E-state index contributed by atoms with van der Waals surface area (Å²) in [6.07, 6.45) is 4.17. The summed E-state index contributed by atoms with van der Waals surface area (Å²) in [7, 11) is 0. The van der Waals surface area contributed by atoms with Crippen LogP contribution in [-0.4, -0.2) is 23.5 Å². The van der Waals surface area contributed by atoms with Crippen molar-refractivity contribution in [1.29, 1.82) is 0 Å². The second kappa shape index (κ2) is 6.57. The van der Waals surface area contributed by atoms with Crippen LogP contribution in [0.1, 0.15) is 19.3 Å². The maximum absolute atomic E-state index is 12.0. The second-order valence-electron chi connectivity index (χ2n) is 4.97. The van der Waals surface area contributed by atoms with Crippen molar-refractivity contribution in [2.75, 3.05) is 22.1 Å². The van der Waals surface area contributed by atoms with Crippen LogP contribution in [0, 0.1) is 0 Å². The summed E-state index contributed by atoms with van der Waals surface area (Å²) in [5.74, 6) is 0.135. The first kappa shape index (κ1) is 14.5. The predicted molar refractivity (Wildman–Crippen MR) is 87.4 cm³/mol. The summed E-state index contributed by atoms with van der Waals surface area (Å²) in [5.41, 5.74) is 1.46. The van der Waals surface area contributed by atoms with E-state index in [1.165, 1.54) is 11.3 Å². The molecule has 2 heterocycles. The van der Waals surface area contributed by atoms with Gasteiger partial charge in [0.15, 0.2) is 5.13 Å². The number of anilines is 3. The van der Waals surface area contributed by atoms with Crippen LogP contribution < -0.4 is 15.5 Å². The molecule has 2 aromatic rings. The summed E-state index contributed by atoms with van der Waals surface area (Å²) in [5, 5.41) is 7.74. The van der Waals surface area contributed by atoms with Gasteiger partial charge in [-0.15, -0.1) is 11.3 Å². The topological polar surface area (TPSA) is 74.3 Å². The van der Waals surface area contributed by atoms with Crippen molar-refractivity contribution >= 4 is 39.8 Å². The number of rotatable bonds is 3. The number of thiazole rings is 1. The maximum Gasteiger partial charge on any atom is 0.325 e. The number of hydrogen-bond donors (Lipinski definition) is 2. The number of hydrogen-bond acceptors (Lipinski definition) is 4. The van der Waals surface area contributed by atoms with Crippen LogP contribution >= 0.6 is 11.3 Å². The molecule has 0 saturated carbocycles. The molecule has 1 fully saturated rings. The zero-order valence-corrected chi connectivity index (χ0v) is 12.7. The Kier molecular flexibility index (Phi) is 4.34. The van der Waals surface area contributed by atoms with Crippen LogP contribution in [-0.2, 0) is 4.79 Å². The standard InChI is InChI=1S/C15H16N4O2S/c20-13-6-1-2-8-19(13)12-5-3-4-11(10-12)17-14(21)18-15-16-7-9-22-15/h3-5,7,9-10H,1-2,6,8H2,(H2,16,17,18,21). The van der Waals surface area contributed by atoms with Gasteiger partial charge in [0.05, 0.1) is 0 Å². The smallest absolute Gasteiger partial charge is 0.312 e. The molecule has 0 unspecified atom stereocenters. The predicted octanol–water partition coefficient (Wildman–Crippen LogP) is 3.30. The zero-order chi connectivity index (χ0) is 15.4. The molecule has 0 aliphatic carbocycles. The Morgan fingerprint density at radius 1 is 1.27 bits per heavy atom. The van der Waals surface area contributed by atoms with E-state index in [1.54, 1.807) is 22.5 Å². The van der Waals surface area contributed by atoms with Gasteiger partial charge in [-0.2, -0.15) is 0 Å². The monoisotopic (exact) mass is 316 g/mol. The maximum atomic E-state index is 12.0. The number of nitrogens with one attached hydrogen (secondary N) is 2.